The summed E-state index contributed by atoms with van der Waals surface area (Å²) in [6.45, 7) is 7.68. The highest BCUT2D eigenvalue weighted by Crippen LogP contribution is 2.21. The number of nitrogen functional groups attached to an aromatic ring is 1. The van der Waals surface area contributed by atoms with Crippen LogP contribution in [0.15, 0.2) is 18.2 Å². The standard InChI is InChI=1S/C14H21N3/c1-4-7-17-13-6-5-11(15)9-12(13)16-14(17)8-10(2)3/h5-6,9-10H,4,7-8,15H2,1-3H3. The maximum absolute atomic E-state index is 5.81. The van der Waals surface area contributed by atoms with Crippen LogP contribution in [0.1, 0.15) is 33.0 Å². The van der Waals surface area contributed by atoms with E-state index < -0.39 is 0 Å². The molecule has 2 N–H and O–H groups in total. The summed E-state index contributed by atoms with van der Waals surface area (Å²) in [5.74, 6) is 1.81. The summed E-state index contributed by atoms with van der Waals surface area (Å²) in [4.78, 5) is 4.72. The molecule has 0 aliphatic carbocycles. The van der Waals surface area contributed by atoms with Crippen molar-refractivity contribution in [2.24, 2.45) is 5.92 Å². The van der Waals surface area contributed by atoms with Crippen molar-refractivity contribution < 1.29 is 0 Å². The van der Waals surface area contributed by atoms with E-state index in [-0.39, 0.29) is 0 Å². The largest absolute Gasteiger partial charge is 0.399 e. The first-order valence-corrected chi connectivity index (χ1v) is 6.36. The Morgan fingerprint density at radius 2 is 2.12 bits per heavy atom. The molecule has 0 unspecified atom stereocenters. The second-order valence-corrected chi connectivity index (χ2v) is 5.03. The molecule has 0 aliphatic rings. The van der Waals surface area contributed by atoms with Gasteiger partial charge in [-0.3, -0.25) is 0 Å². The first-order chi connectivity index (χ1) is 8.11. The van der Waals surface area contributed by atoms with E-state index in [1.54, 1.807) is 0 Å². The zero-order chi connectivity index (χ0) is 12.4. The molecule has 1 heterocycles. The van der Waals surface area contributed by atoms with Crippen molar-refractivity contribution in [2.75, 3.05) is 5.73 Å². The van der Waals surface area contributed by atoms with Gasteiger partial charge in [-0.2, -0.15) is 0 Å². The van der Waals surface area contributed by atoms with Gasteiger partial charge in [0.25, 0.3) is 0 Å². The van der Waals surface area contributed by atoms with Crippen molar-refractivity contribution in [3.05, 3.63) is 24.0 Å². The van der Waals surface area contributed by atoms with Gasteiger partial charge >= 0.3 is 0 Å². The average Bonchev–Trinajstić information content (AvgIpc) is 2.55. The van der Waals surface area contributed by atoms with Gasteiger partial charge in [-0.25, -0.2) is 4.98 Å². The highest BCUT2D eigenvalue weighted by atomic mass is 15.1. The number of aromatic nitrogens is 2. The molecule has 0 radical (unpaired) electrons. The third-order valence-corrected chi connectivity index (χ3v) is 2.89. The summed E-state index contributed by atoms with van der Waals surface area (Å²) < 4.78 is 2.33. The van der Waals surface area contributed by atoms with Gasteiger partial charge in [-0.1, -0.05) is 20.8 Å². The van der Waals surface area contributed by atoms with Crippen LogP contribution in [0.2, 0.25) is 0 Å². The van der Waals surface area contributed by atoms with Crippen molar-refractivity contribution >= 4 is 16.7 Å². The van der Waals surface area contributed by atoms with Crippen LogP contribution >= 0.6 is 0 Å². The SMILES string of the molecule is CCCn1c(CC(C)C)nc2cc(N)ccc21. The molecule has 1 aromatic carbocycles. The number of anilines is 1. The van der Waals surface area contributed by atoms with Crippen LogP contribution in [-0.4, -0.2) is 9.55 Å². The first-order valence-electron chi connectivity index (χ1n) is 6.36. The molecule has 0 amide bonds. The van der Waals surface area contributed by atoms with E-state index in [4.69, 9.17) is 10.7 Å². The molecular weight excluding hydrogens is 210 g/mol. The molecular formula is C14H21N3. The van der Waals surface area contributed by atoms with Crippen LogP contribution < -0.4 is 5.73 Å². The average molecular weight is 231 g/mol. The number of hydrogen-bond acceptors (Lipinski definition) is 2. The topological polar surface area (TPSA) is 43.8 Å². The molecule has 0 saturated carbocycles. The monoisotopic (exact) mass is 231 g/mol. The molecule has 0 atom stereocenters. The van der Waals surface area contributed by atoms with Crippen molar-refractivity contribution in [3.8, 4) is 0 Å². The molecule has 92 valence electrons. The van der Waals surface area contributed by atoms with E-state index in [0.717, 1.165) is 30.6 Å². The van der Waals surface area contributed by atoms with E-state index in [0.29, 0.717) is 5.92 Å². The maximum atomic E-state index is 5.81. The molecule has 0 bridgehead atoms. The summed E-state index contributed by atoms with van der Waals surface area (Å²) in [6.07, 6.45) is 2.15. The predicted octanol–water partition coefficient (Wildman–Crippen LogP) is 3.23. The minimum Gasteiger partial charge on any atom is -0.399 e. The lowest BCUT2D eigenvalue weighted by molar-refractivity contribution is 0.574. The highest BCUT2D eigenvalue weighted by molar-refractivity contribution is 5.79. The van der Waals surface area contributed by atoms with Crippen molar-refractivity contribution in [1.82, 2.24) is 9.55 Å². The smallest absolute Gasteiger partial charge is 0.110 e. The molecule has 0 fully saturated rings. The summed E-state index contributed by atoms with van der Waals surface area (Å²) >= 11 is 0. The zero-order valence-electron chi connectivity index (χ0n) is 10.9. The van der Waals surface area contributed by atoms with Crippen LogP contribution in [0.3, 0.4) is 0 Å². The Morgan fingerprint density at radius 3 is 2.76 bits per heavy atom. The van der Waals surface area contributed by atoms with E-state index in [1.165, 1.54) is 11.3 Å². The molecule has 0 saturated heterocycles. The lowest BCUT2D eigenvalue weighted by atomic mass is 10.1. The lowest BCUT2D eigenvalue weighted by Crippen LogP contribution is -2.06. The molecule has 17 heavy (non-hydrogen) atoms. The molecule has 3 heteroatoms. The van der Waals surface area contributed by atoms with Gasteiger partial charge in [0, 0.05) is 18.7 Å². The predicted molar refractivity (Wildman–Crippen MR) is 73.0 cm³/mol. The van der Waals surface area contributed by atoms with E-state index >= 15 is 0 Å². The summed E-state index contributed by atoms with van der Waals surface area (Å²) in [5.41, 5.74) is 8.82. The lowest BCUT2D eigenvalue weighted by Gasteiger charge is -2.09. The summed E-state index contributed by atoms with van der Waals surface area (Å²) in [6, 6.07) is 6.00. The zero-order valence-corrected chi connectivity index (χ0v) is 10.9. The third kappa shape index (κ3) is 2.43. The van der Waals surface area contributed by atoms with Crippen LogP contribution in [0, 0.1) is 5.92 Å². The number of hydrogen-bond donors (Lipinski definition) is 1. The highest BCUT2D eigenvalue weighted by Gasteiger charge is 2.11. The number of aryl methyl sites for hydroxylation is 1. The molecule has 2 aromatic rings. The normalized spacial score (nSPS) is 11.5. The van der Waals surface area contributed by atoms with Crippen LogP contribution in [0.25, 0.3) is 11.0 Å². The number of nitrogens with zero attached hydrogens (tertiary/aromatic N) is 2. The number of imidazole rings is 1. The van der Waals surface area contributed by atoms with Crippen LogP contribution in [0.5, 0.6) is 0 Å². The first kappa shape index (κ1) is 12.0. The summed E-state index contributed by atoms with van der Waals surface area (Å²) in [5, 5.41) is 0. The molecule has 3 nitrogen and oxygen atoms in total. The number of benzene rings is 1. The second-order valence-electron chi connectivity index (χ2n) is 5.03. The van der Waals surface area contributed by atoms with Gasteiger partial charge in [0.15, 0.2) is 0 Å². The number of fused-ring (bicyclic) bond motifs is 1. The fraction of sp³-hybridized carbons (Fsp3) is 0.500. The van der Waals surface area contributed by atoms with Crippen LogP contribution in [0.4, 0.5) is 5.69 Å². The molecule has 2 rings (SSSR count). The summed E-state index contributed by atoms with van der Waals surface area (Å²) in [7, 11) is 0. The van der Waals surface area contributed by atoms with Crippen LogP contribution in [-0.2, 0) is 13.0 Å². The van der Waals surface area contributed by atoms with Gasteiger partial charge in [-0.15, -0.1) is 0 Å². The Balaban J connectivity index is 2.53. The van der Waals surface area contributed by atoms with E-state index in [1.807, 2.05) is 12.1 Å². The van der Waals surface area contributed by atoms with Crippen molar-refractivity contribution in [3.63, 3.8) is 0 Å². The van der Waals surface area contributed by atoms with Gasteiger partial charge in [0.2, 0.25) is 0 Å². The Labute approximate surface area is 103 Å². The number of nitrogens with two attached hydrogens (primary N) is 1. The Kier molecular flexibility index (Phi) is 3.36. The Bertz CT molecular complexity index is 511. The molecule has 0 aliphatic heterocycles. The minimum atomic E-state index is 0.625. The minimum absolute atomic E-state index is 0.625. The van der Waals surface area contributed by atoms with Crippen molar-refractivity contribution in [2.45, 2.75) is 40.2 Å². The van der Waals surface area contributed by atoms with Gasteiger partial charge in [0.1, 0.15) is 5.82 Å². The quantitative estimate of drug-likeness (QED) is 0.821. The molecule has 1 aromatic heterocycles. The van der Waals surface area contributed by atoms with E-state index in [9.17, 15) is 0 Å². The van der Waals surface area contributed by atoms with Gasteiger partial charge < -0.3 is 10.3 Å². The maximum Gasteiger partial charge on any atom is 0.110 e. The third-order valence-electron chi connectivity index (χ3n) is 2.89. The fourth-order valence-corrected chi connectivity index (χ4v) is 2.19. The number of rotatable bonds is 4. The van der Waals surface area contributed by atoms with Gasteiger partial charge in [0.05, 0.1) is 11.0 Å². The Morgan fingerprint density at radius 1 is 1.35 bits per heavy atom. The second kappa shape index (κ2) is 4.78. The van der Waals surface area contributed by atoms with E-state index in [2.05, 4.69) is 31.4 Å². The molecule has 0 spiro atoms. The fourth-order valence-electron chi connectivity index (χ4n) is 2.19. The van der Waals surface area contributed by atoms with Gasteiger partial charge in [-0.05, 0) is 30.5 Å². The van der Waals surface area contributed by atoms with Crippen molar-refractivity contribution in [1.29, 1.82) is 0 Å². The Hall–Kier alpha value is -1.51.